The number of hydrogen-bond donors (Lipinski definition) is 1. The molecule has 0 spiro atoms. The number of aryl methyl sites for hydroxylation is 2. The van der Waals surface area contributed by atoms with E-state index >= 15 is 0 Å². The van der Waals surface area contributed by atoms with Crippen molar-refractivity contribution in [3.63, 3.8) is 0 Å². The number of rotatable bonds is 4. The van der Waals surface area contributed by atoms with Gasteiger partial charge in [-0.25, -0.2) is 0 Å². The molecule has 0 aromatic heterocycles. The Morgan fingerprint density at radius 2 is 1.64 bits per heavy atom. The summed E-state index contributed by atoms with van der Waals surface area (Å²) in [6.07, 6.45) is 4.14. The van der Waals surface area contributed by atoms with Crippen molar-refractivity contribution in [1.29, 1.82) is 5.41 Å². The van der Waals surface area contributed by atoms with Crippen LogP contribution < -0.4 is 0 Å². The summed E-state index contributed by atoms with van der Waals surface area (Å²) in [4.78, 5) is 0. The van der Waals surface area contributed by atoms with E-state index < -0.39 is 0 Å². The normalized spacial score (nSPS) is 11.4. The average molecular weight is 291 g/mol. The maximum absolute atomic E-state index is 8.63. The highest BCUT2D eigenvalue weighted by molar-refractivity contribution is 6.13. The molecule has 0 aliphatic heterocycles. The molecule has 0 aliphatic rings. The topological polar surface area (TPSA) is 23.9 Å². The minimum Gasteiger partial charge on any atom is -0.300 e. The molecule has 0 radical (unpaired) electrons. The van der Waals surface area contributed by atoms with Crippen LogP contribution in [-0.2, 0) is 0 Å². The quantitative estimate of drug-likeness (QED) is 0.680. The van der Waals surface area contributed by atoms with Crippen molar-refractivity contribution in [2.45, 2.75) is 40.5 Å². The molecule has 22 heavy (non-hydrogen) atoms. The molecule has 0 saturated heterocycles. The largest absolute Gasteiger partial charge is 0.300 e. The van der Waals surface area contributed by atoms with Crippen molar-refractivity contribution < 1.29 is 0 Å². The Morgan fingerprint density at radius 3 is 2.18 bits per heavy atom. The van der Waals surface area contributed by atoms with Gasteiger partial charge in [-0.3, -0.25) is 5.41 Å². The van der Waals surface area contributed by atoms with Crippen molar-refractivity contribution in [3.05, 3.63) is 75.9 Å². The molecule has 2 aromatic rings. The van der Waals surface area contributed by atoms with Gasteiger partial charge in [0.25, 0.3) is 0 Å². The highest BCUT2D eigenvalue weighted by Crippen LogP contribution is 2.23. The Kier molecular flexibility index (Phi) is 4.97. The molecule has 0 aliphatic carbocycles. The fourth-order valence-electron chi connectivity index (χ4n) is 2.76. The van der Waals surface area contributed by atoms with Crippen molar-refractivity contribution in [2.24, 2.45) is 0 Å². The summed E-state index contributed by atoms with van der Waals surface area (Å²) >= 11 is 0. The van der Waals surface area contributed by atoms with Crippen LogP contribution in [0.25, 0.3) is 6.08 Å². The van der Waals surface area contributed by atoms with Gasteiger partial charge in [0.15, 0.2) is 0 Å². The predicted octanol–water partition coefficient (Wildman–Crippen LogP) is 5.88. The zero-order valence-corrected chi connectivity index (χ0v) is 14.2. The van der Waals surface area contributed by atoms with Crippen LogP contribution in [0.1, 0.15) is 60.1 Å². The summed E-state index contributed by atoms with van der Waals surface area (Å²) in [5.74, 6) is 0.494. The lowest BCUT2D eigenvalue weighted by Crippen LogP contribution is -2.05. The van der Waals surface area contributed by atoms with Gasteiger partial charge in [0.2, 0.25) is 0 Å². The second-order valence-electron chi connectivity index (χ2n) is 6.25. The number of nitrogens with one attached hydrogen (secondary N) is 1. The highest BCUT2D eigenvalue weighted by atomic mass is 14.4. The first kappa shape index (κ1) is 16.2. The van der Waals surface area contributed by atoms with E-state index in [1.165, 1.54) is 16.7 Å². The van der Waals surface area contributed by atoms with E-state index in [1.807, 2.05) is 13.0 Å². The van der Waals surface area contributed by atoms with E-state index in [4.69, 9.17) is 5.41 Å². The standard InChI is InChI=1S/C21H25N/c1-6-7-18-13-17(14(2)3)8-9-20(18)21(22)19-11-15(4)10-16(5)12-19/h6-14,22H,1-5H3/b7-6-,22-21?. The fraction of sp³-hybridized carbons (Fsp3) is 0.286. The Bertz CT molecular complexity index is 700. The van der Waals surface area contributed by atoms with E-state index in [-0.39, 0.29) is 0 Å². The first-order valence-corrected chi connectivity index (χ1v) is 7.86. The Morgan fingerprint density at radius 1 is 1.00 bits per heavy atom. The second-order valence-corrected chi connectivity index (χ2v) is 6.25. The monoisotopic (exact) mass is 291 g/mol. The SMILES string of the molecule is C/C=C\c1cc(C(C)C)ccc1C(=N)c1cc(C)cc(C)c1. The molecule has 0 fully saturated rings. The molecule has 114 valence electrons. The molecule has 1 nitrogen and oxygen atoms in total. The summed E-state index contributed by atoms with van der Waals surface area (Å²) < 4.78 is 0. The molecule has 1 N–H and O–H groups in total. The van der Waals surface area contributed by atoms with Crippen molar-refractivity contribution in [2.75, 3.05) is 0 Å². The van der Waals surface area contributed by atoms with Gasteiger partial charge in [-0.15, -0.1) is 0 Å². The number of hydrogen-bond acceptors (Lipinski definition) is 1. The van der Waals surface area contributed by atoms with Crippen molar-refractivity contribution in [3.8, 4) is 0 Å². The van der Waals surface area contributed by atoms with Gasteiger partial charge >= 0.3 is 0 Å². The Labute approximate surface area is 134 Å². The predicted molar refractivity (Wildman–Crippen MR) is 97.1 cm³/mol. The lowest BCUT2D eigenvalue weighted by molar-refractivity contribution is 0.866. The van der Waals surface area contributed by atoms with Gasteiger partial charge in [-0.2, -0.15) is 0 Å². The lowest BCUT2D eigenvalue weighted by Gasteiger charge is -2.13. The molecule has 0 saturated carbocycles. The molecule has 0 amide bonds. The first-order valence-electron chi connectivity index (χ1n) is 7.86. The van der Waals surface area contributed by atoms with Crippen LogP contribution in [0.15, 0.2) is 42.5 Å². The van der Waals surface area contributed by atoms with Gasteiger partial charge < -0.3 is 0 Å². The summed E-state index contributed by atoms with van der Waals surface area (Å²) in [5.41, 5.74) is 7.41. The third kappa shape index (κ3) is 3.54. The molecular weight excluding hydrogens is 266 g/mol. The molecule has 2 aromatic carbocycles. The fourth-order valence-corrected chi connectivity index (χ4v) is 2.76. The van der Waals surface area contributed by atoms with E-state index in [1.54, 1.807) is 0 Å². The summed E-state index contributed by atoms with van der Waals surface area (Å²) in [6.45, 7) is 10.6. The van der Waals surface area contributed by atoms with Crippen LogP contribution in [-0.4, -0.2) is 5.71 Å². The average Bonchev–Trinajstić information content (AvgIpc) is 2.45. The minimum atomic E-state index is 0.494. The Balaban J connectivity index is 2.53. The van der Waals surface area contributed by atoms with Crippen LogP contribution >= 0.6 is 0 Å². The molecule has 0 atom stereocenters. The molecule has 0 heterocycles. The van der Waals surface area contributed by atoms with Gasteiger partial charge in [-0.05, 0) is 49.9 Å². The molecular formula is C21H25N. The highest BCUT2D eigenvalue weighted by Gasteiger charge is 2.11. The lowest BCUT2D eigenvalue weighted by atomic mass is 9.91. The Hall–Kier alpha value is -2.15. The van der Waals surface area contributed by atoms with E-state index in [2.05, 4.69) is 70.2 Å². The van der Waals surface area contributed by atoms with Gasteiger partial charge in [-0.1, -0.05) is 61.4 Å². The molecule has 0 unspecified atom stereocenters. The van der Waals surface area contributed by atoms with Crippen molar-refractivity contribution >= 4 is 11.8 Å². The number of allylic oxidation sites excluding steroid dienone is 1. The zero-order valence-electron chi connectivity index (χ0n) is 14.2. The number of benzene rings is 2. The van der Waals surface area contributed by atoms with E-state index in [9.17, 15) is 0 Å². The maximum Gasteiger partial charge on any atom is 0.0690 e. The summed E-state index contributed by atoms with van der Waals surface area (Å²) in [5, 5.41) is 8.63. The van der Waals surface area contributed by atoms with Crippen LogP contribution in [0.3, 0.4) is 0 Å². The smallest absolute Gasteiger partial charge is 0.0690 e. The van der Waals surface area contributed by atoms with E-state index in [0.717, 1.165) is 16.7 Å². The van der Waals surface area contributed by atoms with Crippen molar-refractivity contribution in [1.82, 2.24) is 0 Å². The summed E-state index contributed by atoms with van der Waals surface area (Å²) in [6, 6.07) is 12.8. The first-order chi connectivity index (χ1) is 10.4. The molecule has 1 heteroatoms. The van der Waals surface area contributed by atoms with E-state index in [0.29, 0.717) is 11.6 Å². The van der Waals surface area contributed by atoms with Crippen LogP contribution in [0.5, 0.6) is 0 Å². The maximum atomic E-state index is 8.63. The zero-order chi connectivity index (χ0) is 16.3. The van der Waals surface area contributed by atoms with Crippen LogP contribution in [0.4, 0.5) is 0 Å². The van der Waals surface area contributed by atoms with Crippen LogP contribution in [0, 0.1) is 19.3 Å². The second kappa shape index (κ2) is 6.74. The van der Waals surface area contributed by atoms with Gasteiger partial charge in [0.05, 0.1) is 5.71 Å². The third-order valence-electron chi connectivity index (χ3n) is 3.87. The van der Waals surface area contributed by atoms with Gasteiger partial charge in [0.1, 0.15) is 0 Å². The molecule has 2 rings (SSSR count). The van der Waals surface area contributed by atoms with Crippen LogP contribution in [0.2, 0.25) is 0 Å². The summed E-state index contributed by atoms with van der Waals surface area (Å²) in [7, 11) is 0. The van der Waals surface area contributed by atoms with Gasteiger partial charge in [0, 0.05) is 11.1 Å². The molecule has 0 bridgehead atoms. The third-order valence-corrected chi connectivity index (χ3v) is 3.87. The minimum absolute atomic E-state index is 0.494.